The molecule has 118 valence electrons. The lowest BCUT2D eigenvalue weighted by Crippen LogP contribution is -2.59. The van der Waals surface area contributed by atoms with Crippen LogP contribution < -0.4 is 5.73 Å². The van der Waals surface area contributed by atoms with Crippen molar-refractivity contribution in [3.05, 3.63) is 0 Å². The number of hydrogen-bond acceptors (Lipinski definition) is 3. The van der Waals surface area contributed by atoms with Crippen LogP contribution in [0.25, 0.3) is 0 Å². The summed E-state index contributed by atoms with van der Waals surface area (Å²) in [5, 5.41) is 0. The summed E-state index contributed by atoms with van der Waals surface area (Å²) in [6.07, 6.45) is 9.62. The third kappa shape index (κ3) is 3.92. The molecular weight excluding hydrogens is 264 g/mol. The summed E-state index contributed by atoms with van der Waals surface area (Å²) in [5.74, 6) is 2.23. The highest BCUT2D eigenvalue weighted by molar-refractivity contribution is 8.00. The van der Waals surface area contributed by atoms with E-state index in [1.165, 1.54) is 63.8 Å². The lowest BCUT2D eigenvalue weighted by molar-refractivity contribution is 0.0718. The summed E-state index contributed by atoms with van der Waals surface area (Å²) >= 11 is 2.13. The molecule has 1 saturated carbocycles. The van der Waals surface area contributed by atoms with Gasteiger partial charge in [-0.2, -0.15) is 11.8 Å². The topological polar surface area (TPSA) is 29.3 Å². The van der Waals surface area contributed by atoms with Gasteiger partial charge in [0.15, 0.2) is 0 Å². The van der Waals surface area contributed by atoms with Crippen LogP contribution in [-0.4, -0.2) is 40.6 Å². The number of hydrogen-bond donors (Lipinski definition) is 1. The van der Waals surface area contributed by atoms with E-state index in [1.54, 1.807) is 0 Å². The van der Waals surface area contributed by atoms with E-state index in [4.69, 9.17) is 5.73 Å². The van der Waals surface area contributed by atoms with Crippen molar-refractivity contribution in [2.75, 3.05) is 25.4 Å². The van der Waals surface area contributed by atoms with Crippen LogP contribution in [0.3, 0.4) is 0 Å². The van der Waals surface area contributed by atoms with Crippen molar-refractivity contribution in [1.82, 2.24) is 4.90 Å². The number of rotatable bonds is 4. The zero-order valence-electron chi connectivity index (χ0n) is 13.8. The monoisotopic (exact) mass is 298 g/mol. The van der Waals surface area contributed by atoms with Gasteiger partial charge in [0, 0.05) is 35.7 Å². The summed E-state index contributed by atoms with van der Waals surface area (Å²) in [6, 6.07) is 0. The highest BCUT2D eigenvalue weighted by Gasteiger charge is 2.41. The van der Waals surface area contributed by atoms with Gasteiger partial charge in [0.05, 0.1) is 0 Å². The first-order chi connectivity index (χ1) is 9.51. The fraction of sp³-hybridized carbons (Fsp3) is 1.00. The molecule has 2 N–H and O–H groups in total. The molecule has 1 saturated heterocycles. The van der Waals surface area contributed by atoms with E-state index in [0.717, 1.165) is 12.5 Å². The molecule has 2 unspecified atom stereocenters. The van der Waals surface area contributed by atoms with Crippen LogP contribution in [0.5, 0.6) is 0 Å². The molecule has 1 heterocycles. The van der Waals surface area contributed by atoms with Gasteiger partial charge in [-0.1, -0.05) is 32.6 Å². The van der Waals surface area contributed by atoms with E-state index in [0.29, 0.717) is 10.3 Å². The van der Waals surface area contributed by atoms with Crippen molar-refractivity contribution in [3.8, 4) is 0 Å². The molecule has 0 aromatic heterocycles. The molecule has 2 aliphatic rings. The summed E-state index contributed by atoms with van der Waals surface area (Å²) in [6.45, 7) is 10.4. The minimum absolute atomic E-state index is 0.306. The van der Waals surface area contributed by atoms with E-state index < -0.39 is 0 Å². The van der Waals surface area contributed by atoms with Gasteiger partial charge in [-0.3, -0.25) is 4.90 Å². The fourth-order valence-electron chi connectivity index (χ4n) is 4.23. The molecule has 0 aromatic carbocycles. The van der Waals surface area contributed by atoms with Crippen molar-refractivity contribution in [1.29, 1.82) is 0 Å². The molecule has 0 radical (unpaired) electrons. The number of thioether (sulfide) groups is 1. The average molecular weight is 299 g/mol. The van der Waals surface area contributed by atoms with Gasteiger partial charge in [0.1, 0.15) is 0 Å². The predicted molar refractivity (Wildman–Crippen MR) is 91.4 cm³/mol. The van der Waals surface area contributed by atoms with Crippen molar-refractivity contribution < 1.29 is 0 Å². The molecule has 20 heavy (non-hydrogen) atoms. The van der Waals surface area contributed by atoms with Gasteiger partial charge in [0.2, 0.25) is 0 Å². The second-order valence-electron chi connectivity index (χ2n) is 7.54. The Kier molecular flexibility index (Phi) is 5.84. The first-order valence-corrected chi connectivity index (χ1v) is 9.59. The Bertz CT molecular complexity index is 305. The second kappa shape index (κ2) is 7.02. The maximum absolute atomic E-state index is 6.30. The van der Waals surface area contributed by atoms with E-state index in [9.17, 15) is 0 Å². The Morgan fingerprint density at radius 2 is 2.05 bits per heavy atom. The zero-order valence-corrected chi connectivity index (χ0v) is 14.6. The summed E-state index contributed by atoms with van der Waals surface area (Å²) in [5.41, 5.74) is 6.60. The number of nitrogens with zero attached hydrogens (tertiary/aromatic N) is 1. The zero-order chi connectivity index (χ0) is 14.6. The largest absolute Gasteiger partial charge is 0.329 e. The van der Waals surface area contributed by atoms with E-state index in [1.807, 2.05) is 0 Å². The van der Waals surface area contributed by atoms with E-state index in [2.05, 4.69) is 37.4 Å². The molecule has 0 spiro atoms. The van der Waals surface area contributed by atoms with Crippen LogP contribution in [0.15, 0.2) is 0 Å². The standard InChI is InChI=1S/C17H34N2S/c1-4-6-15-7-5-9-17(13-18,10-8-15)19-11-12-20-16(2,3)14-19/h15H,4-14,18H2,1-3H3. The Morgan fingerprint density at radius 3 is 2.70 bits per heavy atom. The molecular formula is C17H34N2S. The highest BCUT2D eigenvalue weighted by Crippen LogP contribution is 2.40. The summed E-state index contributed by atoms with van der Waals surface area (Å²) < 4.78 is 0.398. The SMILES string of the molecule is CCCC1CCCC(CN)(N2CCSC(C)(C)C2)CC1. The van der Waals surface area contributed by atoms with E-state index in [-0.39, 0.29) is 0 Å². The third-order valence-electron chi connectivity index (χ3n) is 5.45. The van der Waals surface area contributed by atoms with Gasteiger partial charge in [-0.25, -0.2) is 0 Å². The first kappa shape index (κ1) is 16.6. The van der Waals surface area contributed by atoms with Crippen LogP contribution in [-0.2, 0) is 0 Å². The fourth-order valence-corrected chi connectivity index (χ4v) is 5.34. The van der Waals surface area contributed by atoms with Crippen molar-refractivity contribution in [3.63, 3.8) is 0 Å². The Balaban J connectivity index is 2.05. The van der Waals surface area contributed by atoms with Crippen molar-refractivity contribution >= 4 is 11.8 Å². The Hall–Kier alpha value is 0.270. The third-order valence-corrected chi connectivity index (χ3v) is 6.74. The van der Waals surface area contributed by atoms with Gasteiger partial charge in [-0.15, -0.1) is 0 Å². The molecule has 2 nitrogen and oxygen atoms in total. The second-order valence-corrected chi connectivity index (χ2v) is 9.35. The first-order valence-electron chi connectivity index (χ1n) is 8.60. The van der Waals surface area contributed by atoms with Crippen molar-refractivity contribution in [2.24, 2.45) is 11.7 Å². The molecule has 2 fully saturated rings. The highest BCUT2D eigenvalue weighted by atomic mass is 32.2. The predicted octanol–water partition coefficient (Wildman–Crippen LogP) is 3.89. The maximum Gasteiger partial charge on any atom is 0.0332 e. The normalized spacial score (nSPS) is 35.7. The summed E-state index contributed by atoms with van der Waals surface area (Å²) in [7, 11) is 0. The molecule has 0 aromatic rings. The van der Waals surface area contributed by atoms with Crippen LogP contribution in [0.4, 0.5) is 0 Å². The average Bonchev–Trinajstić information content (AvgIpc) is 2.61. The van der Waals surface area contributed by atoms with Gasteiger partial charge in [-0.05, 0) is 39.0 Å². The molecule has 1 aliphatic heterocycles. The lowest BCUT2D eigenvalue weighted by Gasteiger charge is -2.49. The molecule has 2 rings (SSSR count). The molecule has 2 atom stereocenters. The Morgan fingerprint density at radius 1 is 1.25 bits per heavy atom. The lowest BCUT2D eigenvalue weighted by atomic mass is 9.86. The minimum Gasteiger partial charge on any atom is -0.329 e. The molecule has 0 bridgehead atoms. The van der Waals surface area contributed by atoms with Gasteiger partial charge < -0.3 is 5.73 Å². The molecule has 1 aliphatic carbocycles. The maximum atomic E-state index is 6.30. The summed E-state index contributed by atoms with van der Waals surface area (Å²) in [4.78, 5) is 2.76. The quantitative estimate of drug-likeness (QED) is 0.798. The smallest absolute Gasteiger partial charge is 0.0332 e. The Labute approximate surface area is 130 Å². The van der Waals surface area contributed by atoms with E-state index >= 15 is 0 Å². The van der Waals surface area contributed by atoms with Gasteiger partial charge >= 0.3 is 0 Å². The number of nitrogens with two attached hydrogens (primary N) is 1. The van der Waals surface area contributed by atoms with Crippen molar-refractivity contribution in [2.45, 2.75) is 76.0 Å². The molecule has 0 amide bonds. The van der Waals surface area contributed by atoms with Crippen LogP contribution >= 0.6 is 11.8 Å². The van der Waals surface area contributed by atoms with Crippen LogP contribution in [0, 0.1) is 5.92 Å². The molecule has 3 heteroatoms. The minimum atomic E-state index is 0.306. The van der Waals surface area contributed by atoms with Crippen LogP contribution in [0.2, 0.25) is 0 Å². The van der Waals surface area contributed by atoms with Crippen LogP contribution in [0.1, 0.15) is 65.7 Å². The van der Waals surface area contributed by atoms with Gasteiger partial charge in [0.25, 0.3) is 0 Å².